The van der Waals surface area contributed by atoms with Crippen LogP contribution >= 0.6 is 11.6 Å². The van der Waals surface area contributed by atoms with Crippen LogP contribution in [-0.2, 0) is 6.54 Å². The van der Waals surface area contributed by atoms with Gasteiger partial charge < -0.3 is 4.74 Å². The molecule has 2 aromatic carbocycles. The predicted molar refractivity (Wildman–Crippen MR) is 85.6 cm³/mol. The number of hydrogen-bond acceptors (Lipinski definition) is 5. The summed E-state index contributed by atoms with van der Waals surface area (Å²) in [5.41, 5.74) is 1.32. The first kappa shape index (κ1) is 15.2. The monoisotopic (exact) mass is 328 g/mol. The first-order chi connectivity index (χ1) is 11.2. The van der Waals surface area contributed by atoms with E-state index in [2.05, 4.69) is 15.4 Å². The van der Waals surface area contributed by atoms with E-state index in [4.69, 9.17) is 16.3 Å². The van der Waals surface area contributed by atoms with Crippen molar-refractivity contribution in [2.24, 2.45) is 0 Å². The Bertz CT molecular complexity index is 830. The van der Waals surface area contributed by atoms with Crippen molar-refractivity contribution in [2.45, 2.75) is 6.54 Å². The lowest BCUT2D eigenvalue weighted by Crippen LogP contribution is -2.13. The Morgan fingerprint density at radius 3 is 2.74 bits per heavy atom. The second kappa shape index (κ2) is 6.58. The third kappa shape index (κ3) is 3.54. The zero-order chi connectivity index (χ0) is 16.2. The molecule has 0 radical (unpaired) electrons. The smallest absolute Gasteiger partial charge is 0.204 e. The van der Waals surface area contributed by atoms with Crippen molar-refractivity contribution in [1.29, 1.82) is 0 Å². The molecule has 7 heteroatoms. The second-order valence-electron chi connectivity index (χ2n) is 4.81. The number of tetrazole rings is 1. The van der Waals surface area contributed by atoms with Gasteiger partial charge >= 0.3 is 0 Å². The van der Waals surface area contributed by atoms with Crippen molar-refractivity contribution < 1.29 is 9.53 Å². The number of rotatable bonds is 5. The molecular formula is C16H13ClN4O2. The summed E-state index contributed by atoms with van der Waals surface area (Å²) in [6.45, 7) is 0.00770. The van der Waals surface area contributed by atoms with Crippen LogP contribution in [0, 0.1) is 0 Å². The number of ether oxygens (including phenoxy) is 1. The predicted octanol–water partition coefficient (Wildman–Crippen LogP) is 2.89. The Labute approximate surface area is 137 Å². The summed E-state index contributed by atoms with van der Waals surface area (Å²) in [5.74, 6) is 0.952. The van der Waals surface area contributed by atoms with Gasteiger partial charge in [0.05, 0.1) is 7.11 Å². The minimum absolute atomic E-state index is 0.00770. The molecule has 0 saturated heterocycles. The van der Waals surface area contributed by atoms with E-state index in [0.29, 0.717) is 22.2 Å². The van der Waals surface area contributed by atoms with Gasteiger partial charge in [-0.1, -0.05) is 23.7 Å². The largest absolute Gasteiger partial charge is 0.497 e. The Balaban J connectivity index is 1.75. The molecule has 0 spiro atoms. The molecule has 6 nitrogen and oxygen atoms in total. The maximum absolute atomic E-state index is 12.3. The number of nitrogens with zero attached hydrogens (tertiary/aromatic N) is 4. The number of halogens is 1. The summed E-state index contributed by atoms with van der Waals surface area (Å²) in [6, 6.07) is 14.0. The van der Waals surface area contributed by atoms with E-state index in [1.807, 2.05) is 0 Å². The molecule has 1 heterocycles. The SMILES string of the molecule is COc1cccc(C(=O)Cn2nnc(-c3ccc(Cl)cc3)n2)c1. The topological polar surface area (TPSA) is 69.9 Å². The molecule has 0 aliphatic heterocycles. The van der Waals surface area contributed by atoms with E-state index in [9.17, 15) is 4.79 Å². The molecule has 0 atom stereocenters. The van der Waals surface area contributed by atoms with Crippen molar-refractivity contribution in [3.8, 4) is 17.1 Å². The highest BCUT2D eigenvalue weighted by Crippen LogP contribution is 2.17. The Hall–Kier alpha value is -2.73. The van der Waals surface area contributed by atoms with E-state index in [1.165, 1.54) is 4.80 Å². The molecule has 0 bridgehead atoms. The molecular weight excluding hydrogens is 316 g/mol. The zero-order valence-corrected chi connectivity index (χ0v) is 13.1. The lowest BCUT2D eigenvalue weighted by atomic mass is 10.1. The summed E-state index contributed by atoms with van der Waals surface area (Å²) in [5, 5.41) is 12.7. The van der Waals surface area contributed by atoms with Crippen molar-refractivity contribution in [1.82, 2.24) is 20.2 Å². The number of carbonyl (C=O) groups excluding carboxylic acids is 1. The molecule has 116 valence electrons. The van der Waals surface area contributed by atoms with Gasteiger partial charge in [-0.2, -0.15) is 4.80 Å². The maximum atomic E-state index is 12.3. The standard InChI is InChI=1S/C16H13ClN4O2/c1-23-14-4-2-3-12(9-14)15(22)10-21-19-16(18-20-21)11-5-7-13(17)8-6-11/h2-9H,10H2,1H3. The highest BCUT2D eigenvalue weighted by Gasteiger charge is 2.11. The van der Waals surface area contributed by atoms with Gasteiger partial charge in [-0.15, -0.1) is 10.2 Å². The fourth-order valence-electron chi connectivity index (χ4n) is 2.04. The van der Waals surface area contributed by atoms with E-state index >= 15 is 0 Å². The maximum Gasteiger partial charge on any atom is 0.204 e. The van der Waals surface area contributed by atoms with Crippen molar-refractivity contribution >= 4 is 17.4 Å². The summed E-state index contributed by atoms with van der Waals surface area (Å²) in [6.07, 6.45) is 0. The quantitative estimate of drug-likeness (QED) is 0.673. The van der Waals surface area contributed by atoms with Gasteiger partial charge in [0.25, 0.3) is 0 Å². The van der Waals surface area contributed by atoms with Crippen molar-refractivity contribution in [3.05, 3.63) is 59.1 Å². The Morgan fingerprint density at radius 2 is 2.00 bits per heavy atom. The van der Waals surface area contributed by atoms with Crippen LogP contribution in [-0.4, -0.2) is 33.1 Å². The average molecular weight is 329 g/mol. The van der Waals surface area contributed by atoms with Gasteiger partial charge in [-0.3, -0.25) is 4.79 Å². The van der Waals surface area contributed by atoms with Crippen LogP contribution in [0.2, 0.25) is 5.02 Å². The number of hydrogen-bond donors (Lipinski definition) is 0. The molecule has 0 unspecified atom stereocenters. The molecule has 1 aromatic heterocycles. The highest BCUT2D eigenvalue weighted by molar-refractivity contribution is 6.30. The fourth-order valence-corrected chi connectivity index (χ4v) is 2.17. The molecule has 0 aliphatic carbocycles. The Kier molecular flexibility index (Phi) is 4.34. The normalized spacial score (nSPS) is 10.5. The van der Waals surface area contributed by atoms with E-state index in [-0.39, 0.29) is 12.3 Å². The van der Waals surface area contributed by atoms with Gasteiger partial charge in [0, 0.05) is 16.1 Å². The van der Waals surface area contributed by atoms with Gasteiger partial charge in [0.1, 0.15) is 12.3 Å². The summed E-state index contributed by atoms with van der Waals surface area (Å²) in [4.78, 5) is 13.5. The summed E-state index contributed by atoms with van der Waals surface area (Å²) < 4.78 is 5.11. The molecule has 3 aromatic rings. The first-order valence-corrected chi connectivity index (χ1v) is 7.24. The molecule has 23 heavy (non-hydrogen) atoms. The van der Waals surface area contributed by atoms with Gasteiger partial charge in [0.15, 0.2) is 5.78 Å². The van der Waals surface area contributed by atoms with Crippen LogP contribution in [0.3, 0.4) is 0 Å². The minimum Gasteiger partial charge on any atom is -0.497 e. The number of benzene rings is 2. The average Bonchev–Trinajstić information content (AvgIpc) is 3.04. The second-order valence-corrected chi connectivity index (χ2v) is 5.24. The first-order valence-electron chi connectivity index (χ1n) is 6.87. The van der Waals surface area contributed by atoms with E-state index < -0.39 is 0 Å². The molecule has 0 N–H and O–H groups in total. The van der Waals surface area contributed by atoms with Crippen molar-refractivity contribution in [3.63, 3.8) is 0 Å². The molecule has 3 rings (SSSR count). The lowest BCUT2D eigenvalue weighted by Gasteiger charge is -2.03. The Morgan fingerprint density at radius 1 is 1.22 bits per heavy atom. The van der Waals surface area contributed by atoms with Gasteiger partial charge in [-0.05, 0) is 41.6 Å². The van der Waals surface area contributed by atoms with Crippen LogP contribution in [0.15, 0.2) is 48.5 Å². The molecule has 0 fully saturated rings. The van der Waals surface area contributed by atoms with Gasteiger partial charge in [0.2, 0.25) is 5.82 Å². The third-order valence-electron chi connectivity index (χ3n) is 3.23. The van der Waals surface area contributed by atoms with Crippen LogP contribution < -0.4 is 4.74 Å². The van der Waals surface area contributed by atoms with Crippen molar-refractivity contribution in [2.75, 3.05) is 7.11 Å². The third-order valence-corrected chi connectivity index (χ3v) is 3.48. The lowest BCUT2D eigenvalue weighted by molar-refractivity contribution is 0.0961. The molecule has 0 amide bonds. The van der Waals surface area contributed by atoms with E-state index in [0.717, 1.165) is 5.56 Å². The molecule has 0 saturated carbocycles. The number of ketones is 1. The zero-order valence-electron chi connectivity index (χ0n) is 12.3. The van der Waals surface area contributed by atoms with E-state index in [1.54, 1.807) is 55.6 Å². The molecule has 0 aliphatic rings. The summed E-state index contributed by atoms with van der Waals surface area (Å²) in [7, 11) is 1.56. The number of carbonyl (C=O) groups is 1. The van der Waals surface area contributed by atoms with Crippen LogP contribution in [0.4, 0.5) is 0 Å². The summed E-state index contributed by atoms with van der Waals surface area (Å²) >= 11 is 5.85. The number of aromatic nitrogens is 4. The fraction of sp³-hybridized carbons (Fsp3) is 0.125. The number of Topliss-reactive ketones (excluding diaryl/α,β-unsaturated/α-hetero) is 1. The number of methoxy groups -OCH3 is 1. The van der Waals surface area contributed by atoms with Gasteiger partial charge in [-0.25, -0.2) is 0 Å². The minimum atomic E-state index is -0.121. The van der Waals surface area contributed by atoms with Crippen LogP contribution in [0.25, 0.3) is 11.4 Å². The van der Waals surface area contributed by atoms with Crippen LogP contribution in [0.5, 0.6) is 5.75 Å². The highest BCUT2D eigenvalue weighted by atomic mass is 35.5. The van der Waals surface area contributed by atoms with Crippen LogP contribution in [0.1, 0.15) is 10.4 Å².